The summed E-state index contributed by atoms with van der Waals surface area (Å²) >= 11 is 12.1. The highest BCUT2D eigenvalue weighted by atomic mass is 35.5. The fourth-order valence-electron chi connectivity index (χ4n) is 3.74. The largest absolute Gasteiger partial charge is 0.324 e. The number of hydrogen-bond donors (Lipinski definition) is 1. The number of amides is 1. The van der Waals surface area contributed by atoms with Crippen LogP contribution in [0.3, 0.4) is 0 Å². The number of aryl methyl sites for hydroxylation is 2. The van der Waals surface area contributed by atoms with Gasteiger partial charge in [0.05, 0.1) is 17.0 Å². The minimum absolute atomic E-state index is 0.154. The van der Waals surface area contributed by atoms with Crippen LogP contribution in [0.25, 0.3) is 10.8 Å². The van der Waals surface area contributed by atoms with Crippen LogP contribution in [0, 0.1) is 0 Å². The Balaban J connectivity index is 1.64. The molecule has 0 saturated heterocycles. The minimum atomic E-state index is -3.74. The standard InChI is InChI=1S/C21H18Cl2N2O3S/c1-29(27,28)25(19-10-8-15(22)11-17(19)23)12-20(26)24-18-9-7-14-6-5-13-3-2-4-16(18)21(13)14/h2-4,7-11H,5-6,12H2,1H3,(H,24,26). The van der Waals surface area contributed by atoms with Crippen molar-refractivity contribution in [3.63, 3.8) is 0 Å². The maximum absolute atomic E-state index is 12.8. The molecule has 5 nitrogen and oxygen atoms in total. The van der Waals surface area contributed by atoms with Gasteiger partial charge in [-0.25, -0.2) is 8.42 Å². The van der Waals surface area contributed by atoms with Crippen LogP contribution in [0.5, 0.6) is 0 Å². The molecule has 0 bridgehead atoms. The van der Waals surface area contributed by atoms with Gasteiger partial charge in [0.25, 0.3) is 0 Å². The molecule has 0 unspecified atom stereocenters. The molecule has 0 saturated carbocycles. The summed E-state index contributed by atoms with van der Waals surface area (Å²) < 4.78 is 25.6. The van der Waals surface area contributed by atoms with Crippen molar-refractivity contribution in [2.24, 2.45) is 0 Å². The molecule has 1 N–H and O–H groups in total. The highest BCUT2D eigenvalue weighted by Crippen LogP contribution is 2.35. The molecule has 0 radical (unpaired) electrons. The van der Waals surface area contributed by atoms with Gasteiger partial charge >= 0.3 is 0 Å². The number of sulfonamides is 1. The summed E-state index contributed by atoms with van der Waals surface area (Å²) in [4.78, 5) is 12.8. The monoisotopic (exact) mass is 448 g/mol. The van der Waals surface area contributed by atoms with Crippen molar-refractivity contribution in [3.05, 3.63) is 69.7 Å². The lowest BCUT2D eigenvalue weighted by molar-refractivity contribution is -0.114. The van der Waals surface area contributed by atoms with Crippen molar-refractivity contribution in [1.29, 1.82) is 0 Å². The Morgan fingerprint density at radius 1 is 1.07 bits per heavy atom. The molecule has 0 spiro atoms. The second kappa shape index (κ2) is 7.52. The minimum Gasteiger partial charge on any atom is -0.324 e. The van der Waals surface area contributed by atoms with E-state index in [4.69, 9.17) is 23.2 Å². The number of rotatable bonds is 5. The lowest BCUT2D eigenvalue weighted by atomic mass is 10.0. The third kappa shape index (κ3) is 3.92. The third-order valence-corrected chi connectivity index (χ3v) is 6.68. The van der Waals surface area contributed by atoms with Gasteiger partial charge in [-0.1, -0.05) is 47.5 Å². The summed E-state index contributed by atoms with van der Waals surface area (Å²) in [7, 11) is -3.74. The average molecular weight is 449 g/mol. The van der Waals surface area contributed by atoms with Crippen molar-refractivity contribution in [2.45, 2.75) is 12.8 Å². The van der Waals surface area contributed by atoms with Gasteiger partial charge in [-0.15, -0.1) is 0 Å². The van der Waals surface area contributed by atoms with E-state index in [0.717, 1.165) is 28.8 Å². The Morgan fingerprint density at radius 2 is 1.79 bits per heavy atom. The van der Waals surface area contributed by atoms with E-state index >= 15 is 0 Å². The predicted molar refractivity (Wildman–Crippen MR) is 119 cm³/mol. The van der Waals surface area contributed by atoms with Crippen LogP contribution in [-0.2, 0) is 27.7 Å². The molecule has 0 heterocycles. The number of nitrogens with zero attached hydrogens (tertiary/aromatic N) is 1. The van der Waals surface area contributed by atoms with E-state index in [9.17, 15) is 13.2 Å². The average Bonchev–Trinajstić information content (AvgIpc) is 3.07. The molecule has 1 aliphatic rings. The fraction of sp³-hybridized carbons (Fsp3) is 0.190. The summed E-state index contributed by atoms with van der Waals surface area (Å²) in [5, 5.41) is 5.52. The number of carbonyl (C=O) groups is 1. The molecule has 3 aromatic rings. The highest BCUT2D eigenvalue weighted by molar-refractivity contribution is 7.92. The van der Waals surface area contributed by atoms with Crippen LogP contribution in [0.15, 0.2) is 48.5 Å². The SMILES string of the molecule is CS(=O)(=O)N(CC(=O)Nc1ccc2c3c(cccc13)CC2)c1ccc(Cl)cc1Cl. The smallest absolute Gasteiger partial charge is 0.245 e. The molecule has 0 fully saturated rings. The van der Waals surface area contributed by atoms with Crippen LogP contribution >= 0.6 is 23.2 Å². The summed E-state index contributed by atoms with van der Waals surface area (Å²) in [5.41, 5.74) is 3.39. The predicted octanol–water partition coefficient (Wildman–Crippen LogP) is 4.65. The Labute approximate surface area is 179 Å². The van der Waals surface area contributed by atoms with E-state index in [1.165, 1.54) is 34.7 Å². The quantitative estimate of drug-likeness (QED) is 0.617. The van der Waals surface area contributed by atoms with E-state index < -0.39 is 22.5 Å². The Morgan fingerprint density at radius 3 is 2.48 bits per heavy atom. The second-order valence-corrected chi connectivity index (χ2v) is 9.78. The Bertz CT molecular complexity index is 1230. The summed E-state index contributed by atoms with van der Waals surface area (Å²) in [6, 6.07) is 14.4. The van der Waals surface area contributed by atoms with Gasteiger partial charge in [0.2, 0.25) is 15.9 Å². The Kier molecular flexibility index (Phi) is 5.19. The van der Waals surface area contributed by atoms with E-state index in [1.807, 2.05) is 24.3 Å². The van der Waals surface area contributed by atoms with Crippen LogP contribution in [0.1, 0.15) is 11.1 Å². The van der Waals surface area contributed by atoms with E-state index in [0.29, 0.717) is 10.7 Å². The molecule has 0 atom stereocenters. The normalized spacial score (nSPS) is 12.9. The molecule has 3 aromatic carbocycles. The maximum Gasteiger partial charge on any atom is 0.245 e. The number of benzene rings is 3. The number of nitrogens with one attached hydrogen (secondary N) is 1. The number of carbonyl (C=O) groups excluding carboxylic acids is 1. The molecule has 4 rings (SSSR count). The van der Waals surface area contributed by atoms with Crippen molar-refractivity contribution in [1.82, 2.24) is 0 Å². The maximum atomic E-state index is 12.8. The van der Waals surface area contributed by atoms with Gasteiger partial charge in [0.15, 0.2) is 0 Å². The van der Waals surface area contributed by atoms with Gasteiger partial charge in [-0.2, -0.15) is 0 Å². The zero-order chi connectivity index (χ0) is 20.8. The molecule has 8 heteroatoms. The van der Waals surface area contributed by atoms with Crippen molar-refractivity contribution in [3.8, 4) is 0 Å². The third-order valence-electron chi connectivity index (χ3n) is 5.02. The second-order valence-electron chi connectivity index (χ2n) is 7.03. The van der Waals surface area contributed by atoms with E-state index in [2.05, 4.69) is 11.4 Å². The number of anilines is 2. The first-order chi connectivity index (χ1) is 13.7. The van der Waals surface area contributed by atoms with Gasteiger partial charge in [0, 0.05) is 16.1 Å². The summed E-state index contributed by atoms with van der Waals surface area (Å²) in [6.45, 7) is -0.400. The van der Waals surface area contributed by atoms with Crippen LogP contribution in [0.2, 0.25) is 10.0 Å². The lowest BCUT2D eigenvalue weighted by Crippen LogP contribution is -2.37. The highest BCUT2D eigenvalue weighted by Gasteiger charge is 2.24. The van der Waals surface area contributed by atoms with Crippen LogP contribution < -0.4 is 9.62 Å². The molecular weight excluding hydrogens is 431 g/mol. The van der Waals surface area contributed by atoms with Gasteiger partial charge in [-0.05, 0) is 53.6 Å². The first-order valence-corrected chi connectivity index (χ1v) is 11.6. The Hall–Kier alpha value is -2.28. The van der Waals surface area contributed by atoms with Crippen molar-refractivity contribution < 1.29 is 13.2 Å². The first kappa shape index (κ1) is 20.0. The molecule has 1 aliphatic carbocycles. The van der Waals surface area contributed by atoms with Crippen molar-refractivity contribution >= 4 is 61.3 Å². The van der Waals surface area contributed by atoms with E-state index in [-0.39, 0.29) is 10.7 Å². The van der Waals surface area contributed by atoms with Gasteiger partial charge in [-0.3, -0.25) is 9.10 Å². The number of hydrogen-bond acceptors (Lipinski definition) is 3. The lowest BCUT2D eigenvalue weighted by Gasteiger charge is -2.23. The summed E-state index contributed by atoms with van der Waals surface area (Å²) in [5.74, 6) is -0.458. The zero-order valence-electron chi connectivity index (χ0n) is 15.6. The van der Waals surface area contributed by atoms with Crippen LogP contribution in [0.4, 0.5) is 11.4 Å². The molecule has 29 heavy (non-hydrogen) atoms. The molecular formula is C21H18Cl2N2O3S. The molecule has 0 aliphatic heterocycles. The molecule has 1 amide bonds. The molecule has 0 aromatic heterocycles. The number of halogens is 2. The van der Waals surface area contributed by atoms with Crippen LogP contribution in [-0.4, -0.2) is 27.1 Å². The summed E-state index contributed by atoms with van der Waals surface area (Å²) in [6.07, 6.45) is 3.01. The van der Waals surface area contributed by atoms with E-state index in [1.54, 1.807) is 0 Å². The first-order valence-electron chi connectivity index (χ1n) is 9.00. The van der Waals surface area contributed by atoms with Gasteiger partial charge in [0.1, 0.15) is 6.54 Å². The van der Waals surface area contributed by atoms with Crippen molar-refractivity contribution in [2.75, 3.05) is 22.4 Å². The van der Waals surface area contributed by atoms with Gasteiger partial charge < -0.3 is 5.32 Å². The fourth-order valence-corrected chi connectivity index (χ4v) is 5.17. The topological polar surface area (TPSA) is 66.5 Å². The molecule has 150 valence electrons. The zero-order valence-corrected chi connectivity index (χ0v) is 17.9.